The van der Waals surface area contributed by atoms with Crippen LogP contribution in [0.2, 0.25) is 5.02 Å². The van der Waals surface area contributed by atoms with Crippen LogP contribution in [0.25, 0.3) is 0 Å². The SMILES string of the molecule is COCCN(CC(=O)Nc1cc(N2CCN(C(=O)NC(C)C)CC2)ccc1Cl)C(=O)c1ccc(F)cc1. The van der Waals surface area contributed by atoms with Gasteiger partial charge >= 0.3 is 6.03 Å². The van der Waals surface area contributed by atoms with E-state index >= 15 is 0 Å². The van der Waals surface area contributed by atoms with Crippen molar-refractivity contribution in [3.05, 3.63) is 58.9 Å². The van der Waals surface area contributed by atoms with Crippen LogP contribution in [0.1, 0.15) is 24.2 Å². The summed E-state index contributed by atoms with van der Waals surface area (Å²) in [7, 11) is 1.50. The molecule has 0 aliphatic carbocycles. The second-order valence-corrected chi connectivity index (χ2v) is 9.42. The van der Waals surface area contributed by atoms with Gasteiger partial charge in [-0.2, -0.15) is 0 Å². The molecular weight excluding hydrogens is 501 g/mol. The Bertz CT molecular complexity index is 1090. The van der Waals surface area contributed by atoms with Crippen LogP contribution in [-0.4, -0.2) is 86.7 Å². The Kier molecular flexibility index (Phi) is 10.1. The first-order chi connectivity index (χ1) is 17.7. The van der Waals surface area contributed by atoms with E-state index in [0.717, 1.165) is 5.69 Å². The van der Waals surface area contributed by atoms with Gasteiger partial charge in [-0.15, -0.1) is 0 Å². The second kappa shape index (κ2) is 13.3. The molecule has 0 saturated carbocycles. The predicted octanol–water partition coefficient (Wildman–Crippen LogP) is 3.45. The smallest absolute Gasteiger partial charge is 0.317 e. The van der Waals surface area contributed by atoms with Gasteiger partial charge in [0.1, 0.15) is 12.4 Å². The Morgan fingerprint density at radius 1 is 1.08 bits per heavy atom. The second-order valence-electron chi connectivity index (χ2n) is 9.02. The first-order valence-corrected chi connectivity index (χ1v) is 12.5. The fourth-order valence-corrected chi connectivity index (χ4v) is 4.07. The van der Waals surface area contributed by atoms with Crippen molar-refractivity contribution in [2.75, 3.05) is 63.2 Å². The van der Waals surface area contributed by atoms with Crippen LogP contribution >= 0.6 is 11.6 Å². The molecule has 0 spiro atoms. The van der Waals surface area contributed by atoms with Crippen LogP contribution in [0.15, 0.2) is 42.5 Å². The third-order valence-corrected chi connectivity index (χ3v) is 6.18. The molecule has 37 heavy (non-hydrogen) atoms. The molecule has 200 valence electrons. The van der Waals surface area contributed by atoms with Gasteiger partial charge in [0.15, 0.2) is 0 Å². The number of benzene rings is 2. The molecule has 9 nitrogen and oxygen atoms in total. The summed E-state index contributed by atoms with van der Waals surface area (Å²) in [4.78, 5) is 43.3. The number of nitrogens with zero attached hydrogens (tertiary/aromatic N) is 3. The molecule has 0 bridgehead atoms. The summed E-state index contributed by atoms with van der Waals surface area (Å²) in [5.41, 5.74) is 1.55. The van der Waals surface area contributed by atoms with Gasteiger partial charge in [-0.05, 0) is 56.3 Å². The van der Waals surface area contributed by atoms with E-state index in [1.807, 2.05) is 19.9 Å². The number of rotatable bonds is 9. The number of nitrogens with one attached hydrogen (secondary N) is 2. The number of carbonyl (C=O) groups excluding carboxylic acids is 3. The highest BCUT2D eigenvalue weighted by molar-refractivity contribution is 6.33. The van der Waals surface area contributed by atoms with Crippen molar-refractivity contribution in [2.24, 2.45) is 0 Å². The fraction of sp³-hybridized carbons (Fsp3) is 0.423. The average Bonchev–Trinajstić information content (AvgIpc) is 2.87. The number of ether oxygens (including phenoxy) is 1. The number of carbonyl (C=O) groups is 3. The maximum absolute atomic E-state index is 13.3. The Morgan fingerprint density at radius 3 is 2.38 bits per heavy atom. The van der Waals surface area contributed by atoms with Crippen molar-refractivity contribution >= 4 is 40.8 Å². The third kappa shape index (κ3) is 8.06. The minimum absolute atomic E-state index is 0.0735. The van der Waals surface area contributed by atoms with Crippen molar-refractivity contribution < 1.29 is 23.5 Å². The highest BCUT2D eigenvalue weighted by Crippen LogP contribution is 2.28. The lowest BCUT2D eigenvalue weighted by molar-refractivity contribution is -0.117. The van der Waals surface area contributed by atoms with Crippen molar-refractivity contribution in [2.45, 2.75) is 19.9 Å². The Labute approximate surface area is 221 Å². The van der Waals surface area contributed by atoms with Crippen LogP contribution < -0.4 is 15.5 Å². The van der Waals surface area contributed by atoms with Crippen LogP contribution in [0, 0.1) is 5.82 Å². The van der Waals surface area contributed by atoms with Crippen LogP contribution in [0.3, 0.4) is 0 Å². The van der Waals surface area contributed by atoms with Gasteiger partial charge in [-0.1, -0.05) is 11.6 Å². The summed E-state index contributed by atoms with van der Waals surface area (Å²) in [6.45, 7) is 6.45. The van der Waals surface area contributed by atoms with E-state index in [2.05, 4.69) is 15.5 Å². The molecule has 0 aromatic heterocycles. The molecule has 0 radical (unpaired) electrons. The highest BCUT2D eigenvalue weighted by Gasteiger charge is 2.23. The molecule has 1 heterocycles. The first-order valence-electron chi connectivity index (χ1n) is 12.1. The largest absolute Gasteiger partial charge is 0.383 e. The van der Waals surface area contributed by atoms with Crippen molar-refractivity contribution in [3.8, 4) is 0 Å². The zero-order valence-electron chi connectivity index (χ0n) is 21.3. The van der Waals surface area contributed by atoms with Crippen molar-refractivity contribution in [1.82, 2.24) is 15.1 Å². The maximum Gasteiger partial charge on any atom is 0.317 e. The zero-order valence-corrected chi connectivity index (χ0v) is 22.1. The summed E-state index contributed by atoms with van der Waals surface area (Å²) >= 11 is 6.36. The van der Waals surface area contributed by atoms with E-state index in [4.69, 9.17) is 16.3 Å². The van der Waals surface area contributed by atoms with E-state index in [1.165, 1.54) is 36.3 Å². The van der Waals surface area contributed by atoms with E-state index in [-0.39, 0.29) is 37.3 Å². The van der Waals surface area contributed by atoms with Gasteiger partial charge in [0.05, 0.1) is 17.3 Å². The molecule has 1 aliphatic rings. The van der Waals surface area contributed by atoms with E-state index in [9.17, 15) is 18.8 Å². The monoisotopic (exact) mass is 533 g/mol. The minimum atomic E-state index is -0.451. The average molecular weight is 534 g/mol. The molecule has 1 fully saturated rings. The van der Waals surface area contributed by atoms with Gasteiger partial charge in [-0.3, -0.25) is 9.59 Å². The van der Waals surface area contributed by atoms with Gasteiger partial charge in [0, 0.05) is 57.1 Å². The van der Waals surface area contributed by atoms with Gasteiger partial charge in [0.25, 0.3) is 5.91 Å². The Balaban J connectivity index is 1.64. The van der Waals surface area contributed by atoms with E-state index in [1.54, 1.807) is 17.0 Å². The molecule has 2 aromatic rings. The molecule has 1 saturated heterocycles. The minimum Gasteiger partial charge on any atom is -0.383 e. The van der Waals surface area contributed by atoms with Crippen LogP contribution in [0.5, 0.6) is 0 Å². The maximum atomic E-state index is 13.3. The number of methoxy groups -OCH3 is 1. The number of piperazine rings is 1. The summed E-state index contributed by atoms with van der Waals surface area (Å²) in [6, 6.07) is 10.5. The number of anilines is 2. The molecule has 2 aromatic carbocycles. The summed E-state index contributed by atoms with van der Waals surface area (Å²) in [5.74, 6) is -1.29. The van der Waals surface area contributed by atoms with Crippen molar-refractivity contribution in [3.63, 3.8) is 0 Å². The Morgan fingerprint density at radius 2 is 1.76 bits per heavy atom. The lowest BCUT2D eigenvalue weighted by atomic mass is 10.2. The first kappa shape index (κ1) is 28.2. The molecule has 1 aliphatic heterocycles. The molecule has 2 N–H and O–H groups in total. The summed E-state index contributed by atoms with van der Waals surface area (Å²) in [6.07, 6.45) is 0. The molecule has 3 rings (SSSR count). The zero-order chi connectivity index (χ0) is 26.9. The summed E-state index contributed by atoms with van der Waals surface area (Å²) < 4.78 is 18.3. The molecule has 4 amide bonds. The lowest BCUT2D eigenvalue weighted by Gasteiger charge is -2.36. The van der Waals surface area contributed by atoms with Crippen LogP contribution in [-0.2, 0) is 9.53 Å². The standard InChI is InChI=1S/C26H33ClFN5O4/c1-18(2)29-26(36)32-12-10-31(11-13-32)21-8-9-22(27)23(16-21)30-24(34)17-33(14-15-37-3)25(35)19-4-6-20(28)7-5-19/h4-9,16,18H,10-15,17H2,1-3H3,(H,29,36)(H,30,34). The lowest BCUT2D eigenvalue weighted by Crippen LogP contribution is -2.52. The Hall–Kier alpha value is -3.37. The van der Waals surface area contributed by atoms with E-state index in [0.29, 0.717) is 36.9 Å². The highest BCUT2D eigenvalue weighted by atomic mass is 35.5. The van der Waals surface area contributed by atoms with Gasteiger partial charge in [-0.25, -0.2) is 9.18 Å². The number of hydrogen-bond donors (Lipinski definition) is 2. The van der Waals surface area contributed by atoms with Crippen molar-refractivity contribution in [1.29, 1.82) is 0 Å². The van der Waals surface area contributed by atoms with Gasteiger partial charge in [0.2, 0.25) is 5.91 Å². The number of hydrogen-bond acceptors (Lipinski definition) is 5. The number of halogens is 2. The topological polar surface area (TPSA) is 94.2 Å². The molecule has 11 heteroatoms. The number of amides is 4. The quantitative estimate of drug-likeness (QED) is 0.515. The summed E-state index contributed by atoms with van der Waals surface area (Å²) in [5, 5.41) is 6.06. The van der Waals surface area contributed by atoms with Crippen LogP contribution in [0.4, 0.5) is 20.6 Å². The van der Waals surface area contributed by atoms with E-state index < -0.39 is 17.6 Å². The van der Waals surface area contributed by atoms with Gasteiger partial charge < -0.3 is 30.1 Å². The number of urea groups is 1. The molecule has 0 atom stereocenters. The fourth-order valence-electron chi connectivity index (χ4n) is 3.90. The molecular formula is C26H33ClFN5O4. The third-order valence-electron chi connectivity index (χ3n) is 5.85. The predicted molar refractivity (Wildman–Crippen MR) is 142 cm³/mol. The normalized spacial score (nSPS) is 13.5. The molecule has 0 unspecified atom stereocenters.